The molecule has 0 spiro atoms. The molecule has 0 aliphatic heterocycles. The molecule has 0 amide bonds. The van der Waals surface area contributed by atoms with E-state index in [0.717, 1.165) is 0 Å². The van der Waals surface area contributed by atoms with Crippen LogP contribution in [0.25, 0.3) is 0 Å². The second-order valence-electron chi connectivity index (χ2n) is 3.54. The first-order chi connectivity index (χ1) is 7.25. The van der Waals surface area contributed by atoms with Gasteiger partial charge in [-0.15, -0.1) is 0 Å². The molecule has 0 heterocycles. The largest absolute Gasteiger partial charge is 0.459 e. The van der Waals surface area contributed by atoms with Crippen LogP contribution >= 0.6 is 23.2 Å². The second kappa shape index (κ2) is 6.76. The number of esters is 2. The zero-order chi connectivity index (χ0) is 12.9. The van der Waals surface area contributed by atoms with Gasteiger partial charge in [-0.25, -0.2) is 9.59 Å². The van der Waals surface area contributed by atoms with Gasteiger partial charge in [0.05, 0.1) is 12.2 Å². The van der Waals surface area contributed by atoms with Crippen LogP contribution in [0.1, 0.15) is 27.7 Å². The maximum Gasteiger partial charge on any atom is 0.351 e. The molecule has 4 nitrogen and oxygen atoms in total. The summed E-state index contributed by atoms with van der Waals surface area (Å²) < 4.78 is 9.53. The molecular formula is C10H14Cl2O4. The first-order valence-corrected chi connectivity index (χ1v) is 5.48. The maximum absolute atomic E-state index is 11.3. The Morgan fingerprint density at radius 1 is 0.812 bits per heavy atom. The molecule has 92 valence electrons. The Morgan fingerprint density at radius 3 is 1.25 bits per heavy atom. The highest BCUT2D eigenvalue weighted by Gasteiger charge is 2.21. The van der Waals surface area contributed by atoms with Crippen LogP contribution in [0.5, 0.6) is 0 Å². The number of carbonyl (C=O) groups excluding carboxylic acids is 2. The van der Waals surface area contributed by atoms with Crippen LogP contribution in [0.3, 0.4) is 0 Å². The Bertz CT molecular complexity index is 278. The number of hydrogen-bond acceptors (Lipinski definition) is 4. The van der Waals surface area contributed by atoms with E-state index in [2.05, 4.69) is 0 Å². The van der Waals surface area contributed by atoms with Crippen molar-refractivity contribution in [3.63, 3.8) is 0 Å². The van der Waals surface area contributed by atoms with E-state index in [1.807, 2.05) is 0 Å². The molecule has 0 aromatic heterocycles. The lowest BCUT2D eigenvalue weighted by molar-refractivity contribution is -0.144. The van der Waals surface area contributed by atoms with Crippen molar-refractivity contribution in [1.29, 1.82) is 0 Å². The Hall–Kier alpha value is -0.740. The van der Waals surface area contributed by atoms with Crippen molar-refractivity contribution in [2.75, 3.05) is 0 Å². The van der Waals surface area contributed by atoms with Gasteiger partial charge in [0, 0.05) is 0 Å². The minimum atomic E-state index is -0.845. The van der Waals surface area contributed by atoms with E-state index in [0.29, 0.717) is 0 Å². The molecule has 0 aliphatic rings. The predicted molar refractivity (Wildman–Crippen MR) is 61.2 cm³/mol. The van der Waals surface area contributed by atoms with Crippen molar-refractivity contribution >= 4 is 35.1 Å². The van der Waals surface area contributed by atoms with Crippen molar-refractivity contribution in [2.45, 2.75) is 39.9 Å². The maximum atomic E-state index is 11.3. The summed E-state index contributed by atoms with van der Waals surface area (Å²) in [5, 5.41) is -0.943. The van der Waals surface area contributed by atoms with E-state index in [-0.39, 0.29) is 12.2 Å². The Kier molecular flexibility index (Phi) is 6.45. The van der Waals surface area contributed by atoms with E-state index >= 15 is 0 Å². The standard InChI is InChI=1S/C10H14Cl2O4/c1-5(2)15-9(13)7(11)8(12)10(14)16-6(3)4/h5-6H,1-4H3/b8-7-. The van der Waals surface area contributed by atoms with Gasteiger partial charge in [0.2, 0.25) is 0 Å². The van der Waals surface area contributed by atoms with Crippen molar-refractivity contribution in [3.05, 3.63) is 10.1 Å². The van der Waals surface area contributed by atoms with Gasteiger partial charge in [-0.3, -0.25) is 0 Å². The van der Waals surface area contributed by atoms with Crippen LogP contribution in [0.4, 0.5) is 0 Å². The normalized spacial score (nSPS) is 12.5. The minimum absolute atomic E-state index is 0.341. The topological polar surface area (TPSA) is 52.6 Å². The van der Waals surface area contributed by atoms with Gasteiger partial charge < -0.3 is 9.47 Å². The lowest BCUT2D eigenvalue weighted by Crippen LogP contribution is -2.16. The molecule has 0 aliphatic carbocycles. The highest BCUT2D eigenvalue weighted by molar-refractivity contribution is 6.53. The second-order valence-corrected chi connectivity index (χ2v) is 4.29. The monoisotopic (exact) mass is 268 g/mol. The van der Waals surface area contributed by atoms with E-state index in [4.69, 9.17) is 32.7 Å². The molecule has 0 aromatic rings. The minimum Gasteiger partial charge on any atom is -0.459 e. The number of rotatable bonds is 4. The van der Waals surface area contributed by atoms with Crippen LogP contribution in [-0.2, 0) is 19.1 Å². The van der Waals surface area contributed by atoms with Crippen LogP contribution in [0.15, 0.2) is 10.1 Å². The fourth-order valence-corrected chi connectivity index (χ4v) is 0.954. The molecular weight excluding hydrogens is 255 g/mol. The van der Waals surface area contributed by atoms with Gasteiger partial charge in [-0.2, -0.15) is 0 Å². The molecule has 16 heavy (non-hydrogen) atoms. The number of hydrogen-bond donors (Lipinski definition) is 0. The SMILES string of the molecule is CC(C)OC(=O)/C(Cl)=C(/Cl)C(=O)OC(C)C. The number of ether oxygens (including phenoxy) is 2. The summed E-state index contributed by atoms with van der Waals surface area (Å²) in [6.45, 7) is 6.62. The third-order valence-corrected chi connectivity index (χ3v) is 2.02. The molecule has 0 saturated heterocycles. The van der Waals surface area contributed by atoms with E-state index in [1.165, 1.54) is 0 Å². The van der Waals surface area contributed by atoms with Gasteiger partial charge in [0.25, 0.3) is 0 Å². The average molecular weight is 269 g/mol. The molecule has 0 atom stereocenters. The van der Waals surface area contributed by atoms with Crippen LogP contribution in [-0.4, -0.2) is 24.1 Å². The third kappa shape index (κ3) is 5.37. The van der Waals surface area contributed by atoms with Crippen LogP contribution in [0.2, 0.25) is 0 Å². The summed E-state index contributed by atoms with van der Waals surface area (Å²) in [4.78, 5) is 22.6. The first-order valence-electron chi connectivity index (χ1n) is 4.73. The van der Waals surface area contributed by atoms with E-state index < -0.39 is 22.0 Å². The van der Waals surface area contributed by atoms with Crippen molar-refractivity contribution in [2.24, 2.45) is 0 Å². The van der Waals surface area contributed by atoms with E-state index in [1.54, 1.807) is 27.7 Å². The van der Waals surface area contributed by atoms with Gasteiger partial charge in [0.1, 0.15) is 0 Å². The summed E-state index contributed by atoms with van der Waals surface area (Å²) in [7, 11) is 0. The Balaban J connectivity index is 4.68. The van der Waals surface area contributed by atoms with E-state index in [9.17, 15) is 9.59 Å². The molecule has 0 unspecified atom stereocenters. The third-order valence-electron chi connectivity index (χ3n) is 1.24. The average Bonchev–Trinajstić information content (AvgIpc) is 2.13. The highest BCUT2D eigenvalue weighted by Crippen LogP contribution is 2.18. The molecule has 0 aromatic carbocycles. The molecule has 6 heteroatoms. The zero-order valence-corrected chi connectivity index (χ0v) is 11.1. The van der Waals surface area contributed by atoms with Crippen molar-refractivity contribution in [3.8, 4) is 0 Å². The molecule has 0 radical (unpaired) electrons. The first kappa shape index (κ1) is 15.3. The smallest absolute Gasteiger partial charge is 0.351 e. The van der Waals surface area contributed by atoms with Crippen LogP contribution in [0, 0.1) is 0 Å². The zero-order valence-electron chi connectivity index (χ0n) is 9.54. The number of halogens is 2. The highest BCUT2D eigenvalue weighted by atomic mass is 35.5. The van der Waals surface area contributed by atoms with Crippen molar-refractivity contribution in [1.82, 2.24) is 0 Å². The Morgan fingerprint density at radius 2 is 1.06 bits per heavy atom. The summed E-state index contributed by atoms with van der Waals surface area (Å²) in [5.74, 6) is -1.69. The molecule has 0 rings (SSSR count). The summed E-state index contributed by atoms with van der Waals surface area (Å²) >= 11 is 11.2. The lowest BCUT2D eigenvalue weighted by Gasteiger charge is -2.09. The lowest BCUT2D eigenvalue weighted by atomic mass is 10.4. The quantitative estimate of drug-likeness (QED) is 0.581. The van der Waals surface area contributed by atoms with Gasteiger partial charge in [-0.1, -0.05) is 23.2 Å². The van der Waals surface area contributed by atoms with Gasteiger partial charge in [0.15, 0.2) is 10.1 Å². The van der Waals surface area contributed by atoms with Crippen LogP contribution < -0.4 is 0 Å². The van der Waals surface area contributed by atoms with Gasteiger partial charge >= 0.3 is 11.9 Å². The summed E-state index contributed by atoms with van der Waals surface area (Å²) in [6.07, 6.45) is -0.682. The van der Waals surface area contributed by atoms with Crippen molar-refractivity contribution < 1.29 is 19.1 Å². The summed E-state index contributed by atoms with van der Waals surface area (Å²) in [6, 6.07) is 0. The fraction of sp³-hybridized carbons (Fsp3) is 0.600. The predicted octanol–water partition coefficient (Wildman–Crippen LogP) is 2.58. The molecule has 0 fully saturated rings. The Labute approximate surface area is 104 Å². The molecule has 0 saturated carbocycles. The summed E-state index contributed by atoms with van der Waals surface area (Å²) in [5.41, 5.74) is 0. The van der Waals surface area contributed by atoms with Gasteiger partial charge in [-0.05, 0) is 27.7 Å². The number of carbonyl (C=O) groups is 2. The fourth-order valence-electron chi connectivity index (χ4n) is 0.711. The molecule has 0 bridgehead atoms. The molecule has 0 N–H and O–H groups in total.